The Morgan fingerprint density at radius 2 is 1.92 bits per heavy atom. The van der Waals surface area contributed by atoms with E-state index >= 15 is 0 Å². The molecular formula is C16H15N3O5. The van der Waals surface area contributed by atoms with E-state index in [2.05, 4.69) is 10.5 Å². The molecule has 0 saturated heterocycles. The summed E-state index contributed by atoms with van der Waals surface area (Å²) in [6.07, 6.45) is 3.96. The maximum Gasteiger partial charge on any atom is 0.271 e. The van der Waals surface area contributed by atoms with Crippen molar-refractivity contribution in [1.82, 2.24) is 10.9 Å². The Balaban J connectivity index is 1.92. The molecule has 0 unspecified atom stereocenters. The first-order chi connectivity index (χ1) is 11.6. The van der Waals surface area contributed by atoms with Crippen LogP contribution in [-0.2, 0) is 11.4 Å². The monoisotopic (exact) mass is 329 g/mol. The lowest BCUT2D eigenvalue weighted by atomic mass is 10.1. The van der Waals surface area contributed by atoms with Gasteiger partial charge in [-0.25, -0.2) is 10.9 Å². The summed E-state index contributed by atoms with van der Waals surface area (Å²) in [7, 11) is 0. The number of furan rings is 1. The van der Waals surface area contributed by atoms with E-state index in [0.29, 0.717) is 22.6 Å². The molecule has 0 bridgehead atoms. The Morgan fingerprint density at radius 3 is 2.54 bits per heavy atom. The van der Waals surface area contributed by atoms with Gasteiger partial charge in [0, 0.05) is 11.6 Å². The Bertz CT molecular complexity index is 762. The summed E-state index contributed by atoms with van der Waals surface area (Å²) in [6.45, 7) is -0.207. The average molecular weight is 329 g/mol. The van der Waals surface area contributed by atoms with Gasteiger partial charge in [0.15, 0.2) is 0 Å². The first-order valence-corrected chi connectivity index (χ1v) is 6.87. The van der Waals surface area contributed by atoms with Crippen LogP contribution in [0.15, 0.2) is 52.0 Å². The molecule has 1 aromatic heterocycles. The largest absolute Gasteiger partial charge is 0.458 e. The maximum atomic E-state index is 11.9. The Labute approximate surface area is 137 Å². The second kappa shape index (κ2) is 8.42. The number of hydrogen-bond acceptors (Lipinski definition) is 6. The van der Waals surface area contributed by atoms with Crippen LogP contribution in [0, 0.1) is 0 Å². The number of carbonyl (C=O) groups excluding carboxylic acids is 2. The Hall–Kier alpha value is -3.23. The molecule has 0 radical (unpaired) electrons. The van der Waals surface area contributed by atoms with Gasteiger partial charge in [-0.2, -0.15) is 5.10 Å². The van der Waals surface area contributed by atoms with Gasteiger partial charge in [0.1, 0.15) is 18.1 Å². The van der Waals surface area contributed by atoms with E-state index in [1.165, 1.54) is 17.8 Å². The van der Waals surface area contributed by atoms with Crippen molar-refractivity contribution in [3.63, 3.8) is 0 Å². The third kappa shape index (κ3) is 4.90. The van der Waals surface area contributed by atoms with Crippen LogP contribution in [0.25, 0.3) is 6.08 Å². The number of aliphatic hydroxyl groups is 1. The van der Waals surface area contributed by atoms with Crippen molar-refractivity contribution < 1.29 is 24.3 Å². The molecule has 0 aliphatic carbocycles. The van der Waals surface area contributed by atoms with Crippen LogP contribution in [-0.4, -0.2) is 28.3 Å². The molecule has 0 aliphatic rings. The van der Waals surface area contributed by atoms with Gasteiger partial charge in [-0.15, -0.1) is 0 Å². The molecule has 0 atom stereocenters. The fourth-order valence-electron chi connectivity index (χ4n) is 1.72. The van der Waals surface area contributed by atoms with Gasteiger partial charge in [0.05, 0.1) is 6.21 Å². The van der Waals surface area contributed by atoms with Crippen molar-refractivity contribution in [2.75, 3.05) is 0 Å². The van der Waals surface area contributed by atoms with Gasteiger partial charge in [-0.1, -0.05) is 12.1 Å². The SMILES string of the molecule is O=C(/C=C/c1ccc(C(=O)N/N=C/c2ccc(CO)o2)cc1)NO. The van der Waals surface area contributed by atoms with Gasteiger partial charge in [0.25, 0.3) is 11.8 Å². The first kappa shape index (κ1) is 17.1. The predicted molar refractivity (Wildman–Crippen MR) is 85.1 cm³/mol. The predicted octanol–water partition coefficient (Wildman–Crippen LogP) is 1.05. The summed E-state index contributed by atoms with van der Waals surface area (Å²) in [4.78, 5) is 22.8. The van der Waals surface area contributed by atoms with Crippen molar-refractivity contribution in [3.8, 4) is 0 Å². The molecule has 4 N–H and O–H groups in total. The minimum absolute atomic E-state index is 0.207. The smallest absolute Gasteiger partial charge is 0.271 e. The van der Waals surface area contributed by atoms with Crippen molar-refractivity contribution in [2.24, 2.45) is 5.10 Å². The molecule has 0 saturated carbocycles. The third-order valence-electron chi connectivity index (χ3n) is 2.91. The van der Waals surface area contributed by atoms with E-state index in [0.717, 1.165) is 6.08 Å². The average Bonchev–Trinajstić information content (AvgIpc) is 3.08. The van der Waals surface area contributed by atoms with Crippen LogP contribution >= 0.6 is 0 Å². The lowest BCUT2D eigenvalue weighted by Crippen LogP contribution is -2.17. The van der Waals surface area contributed by atoms with Crippen molar-refractivity contribution in [3.05, 3.63) is 65.1 Å². The van der Waals surface area contributed by atoms with Crippen LogP contribution in [0.5, 0.6) is 0 Å². The van der Waals surface area contributed by atoms with Gasteiger partial charge in [-0.05, 0) is 35.9 Å². The summed E-state index contributed by atoms with van der Waals surface area (Å²) in [5.74, 6) is -0.249. The molecule has 0 spiro atoms. The number of hydrogen-bond donors (Lipinski definition) is 4. The molecule has 124 valence electrons. The highest BCUT2D eigenvalue weighted by molar-refractivity contribution is 5.95. The number of nitrogens with zero attached hydrogens (tertiary/aromatic N) is 1. The van der Waals surface area contributed by atoms with E-state index in [-0.39, 0.29) is 6.61 Å². The van der Waals surface area contributed by atoms with Gasteiger partial charge >= 0.3 is 0 Å². The highest BCUT2D eigenvalue weighted by Gasteiger charge is 2.04. The topological polar surface area (TPSA) is 124 Å². The van der Waals surface area contributed by atoms with Crippen LogP contribution in [0.4, 0.5) is 0 Å². The quantitative estimate of drug-likeness (QED) is 0.273. The molecule has 1 heterocycles. The summed E-state index contributed by atoms with van der Waals surface area (Å²) in [5.41, 5.74) is 4.89. The van der Waals surface area contributed by atoms with E-state index in [4.69, 9.17) is 14.7 Å². The fourth-order valence-corrected chi connectivity index (χ4v) is 1.72. The number of carbonyl (C=O) groups is 2. The summed E-state index contributed by atoms with van der Waals surface area (Å²) >= 11 is 0. The van der Waals surface area contributed by atoms with E-state index < -0.39 is 11.8 Å². The molecule has 0 aliphatic heterocycles. The second-order valence-electron chi connectivity index (χ2n) is 4.59. The van der Waals surface area contributed by atoms with Crippen LogP contribution in [0.1, 0.15) is 27.4 Å². The standard InChI is InChI=1S/C16H15N3O5/c20-10-14-7-6-13(24-14)9-17-18-16(22)12-4-1-11(2-5-12)3-8-15(21)19-23/h1-9,20,23H,10H2,(H,18,22)(H,19,21)/b8-3+,17-9+. The Morgan fingerprint density at radius 1 is 1.17 bits per heavy atom. The number of aliphatic hydroxyl groups excluding tert-OH is 1. The molecule has 24 heavy (non-hydrogen) atoms. The first-order valence-electron chi connectivity index (χ1n) is 6.87. The Kier molecular flexibility index (Phi) is 6.01. The van der Waals surface area contributed by atoms with Crippen molar-refractivity contribution >= 4 is 24.1 Å². The van der Waals surface area contributed by atoms with Gasteiger partial charge < -0.3 is 9.52 Å². The number of benzene rings is 1. The van der Waals surface area contributed by atoms with Crippen LogP contribution in [0.2, 0.25) is 0 Å². The number of rotatable bonds is 6. The highest BCUT2D eigenvalue weighted by atomic mass is 16.5. The minimum atomic E-state index is -0.645. The molecule has 8 heteroatoms. The lowest BCUT2D eigenvalue weighted by molar-refractivity contribution is -0.124. The second-order valence-corrected chi connectivity index (χ2v) is 4.59. The van der Waals surface area contributed by atoms with Crippen molar-refractivity contribution in [1.29, 1.82) is 0 Å². The molecule has 2 aromatic rings. The third-order valence-corrected chi connectivity index (χ3v) is 2.91. The van der Waals surface area contributed by atoms with Gasteiger partial charge in [-0.3, -0.25) is 14.8 Å². The van der Waals surface area contributed by atoms with E-state index in [1.54, 1.807) is 36.4 Å². The highest BCUT2D eigenvalue weighted by Crippen LogP contribution is 2.07. The summed E-state index contributed by atoms with van der Waals surface area (Å²) in [6, 6.07) is 9.63. The number of hydroxylamine groups is 1. The molecule has 8 nitrogen and oxygen atoms in total. The van der Waals surface area contributed by atoms with Crippen molar-refractivity contribution in [2.45, 2.75) is 6.61 Å². The van der Waals surface area contributed by atoms with E-state index in [9.17, 15) is 9.59 Å². The summed E-state index contributed by atoms with van der Waals surface area (Å²) < 4.78 is 5.18. The van der Waals surface area contributed by atoms with Gasteiger partial charge in [0.2, 0.25) is 0 Å². The van der Waals surface area contributed by atoms with Crippen LogP contribution in [0.3, 0.4) is 0 Å². The molecular weight excluding hydrogens is 314 g/mol. The molecule has 0 fully saturated rings. The lowest BCUT2D eigenvalue weighted by Gasteiger charge is -2.00. The minimum Gasteiger partial charge on any atom is -0.458 e. The fraction of sp³-hybridized carbons (Fsp3) is 0.0625. The zero-order valence-corrected chi connectivity index (χ0v) is 12.5. The number of nitrogens with one attached hydrogen (secondary N) is 2. The zero-order valence-electron chi connectivity index (χ0n) is 12.5. The zero-order chi connectivity index (χ0) is 17.4. The van der Waals surface area contributed by atoms with Crippen LogP contribution < -0.4 is 10.9 Å². The molecule has 2 rings (SSSR count). The normalized spacial score (nSPS) is 11.1. The molecule has 1 aromatic carbocycles. The summed E-state index contributed by atoms with van der Waals surface area (Å²) in [5, 5.41) is 21.0. The number of amides is 2. The maximum absolute atomic E-state index is 11.9. The number of hydrazone groups is 1. The van der Waals surface area contributed by atoms with E-state index in [1.807, 2.05) is 0 Å². The molecule has 2 amide bonds.